The van der Waals surface area contributed by atoms with Gasteiger partial charge in [0, 0.05) is 5.57 Å². The van der Waals surface area contributed by atoms with Crippen LogP contribution in [-0.2, 0) is 4.79 Å². The molecule has 0 aliphatic heterocycles. The molecule has 2 heteroatoms. The van der Waals surface area contributed by atoms with Crippen molar-refractivity contribution in [3.63, 3.8) is 0 Å². The number of amides is 1. The van der Waals surface area contributed by atoms with Crippen LogP contribution in [0.25, 0.3) is 0 Å². The molecule has 0 atom stereocenters. The maximum absolute atomic E-state index is 11.6. The van der Waals surface area contributed by atoms with Gasteiger partial charge < -0.3 is 5.73 Å². The summed E-state index contributed by atoms with van der Waals surface area (Å²) in [7, 11) is 0. The predicted molar refractivity (Wildman–Crippen MR) is 79.2 cm³/mol. The summed E-state index contributed by atoms with van der Waals surface area (Å²) in [6, 6.07) is 0. The number of unbranched alkanes of at least 4 members (excludes halogenated alkanes) is 1. The van der Waals surface area contributed by atoms with Crippen molar-refractivity contribution in [3.05, 3.63) is 34.9 Å². The zero-order valence-electron chi connectivity index (χ0n) is 12.4. The zero-order valence-corrected chi connectivity index (χ0v) is 12.4. The minimum Gasteiger partial charge on any atom is -0.366 e. The Morgan fingerprint density at radius 3 is 2.28 bits per heavy atom. The van der Waals surface area contributed by atoms with E-state index < -0.39 is 0 Å². The largest absolute Gasteiger partial charge is 0.366 e. The molecule has 2 nitrogen and oxygen atoms in total. The van der Waals surface area contributed by atoms with Crippen molar-refractivity contribution in [1.29, 1.82) is 0 Å². The predicted octanol–water partition coefficient (Wildman–Crippen LogP) is 4.14. The Hall–Kier alpha value is -1.31. The van der Waals surface area contributed by atoms with E-state index in [2.05, 4.69) is 46.8 Å². The van der Waals surface area contributed by atoms with Crippen molar-refractivity contribution in [3.8, 4) is 0 Å². The molecule has 0 aromatic carbocycles. The maximum atomic E-state index is 11.6. The van der Waals surface area contributed by atoms with Crippen LogP contribution in [0.2, 0.25) is 0 Å². The van der Waals surface area contributed by atoms with Crippen LogP contribution in [0.15, 0.2) is 34.9 Å². The SMILES string of the molecule is CCC/C=C(/C(N)=O)C(=CC(C)C)/C=C(\C)CC. The molecule has 1 amide bonds. The molecule has 0 saturated carbocycles. The molecular weight excluding hydrogens is 222 g/mol. The normalized spacial score (nSPS) is 14.2. The van der Waals surface area contributed by atoms with Gasteiger partial charge >= 0.3 is 0 Å². The van der Waals surface area contributed by atoms with E-state index in [0.717, 1.165) is 24.8 Å². The van der Waals surface area contributed by atoms with Crippen molar-refractivity contribution >= 4 is 5.91 Å². The van der Waals surface area contributed by atoms with E-state index in [1.165, 1.54) is 5.57 Å². The van der Waals surface area contributed by atoms with Crippen molar-refractivity contribution in [2.45, 2.75) is 53.9 Å². The molecule has 0 spiro atoms. The first-order chi connectivity index (χ1) is 8.42. The molecule has 0 aromatic heterocycles. The van der Waals surface area contributed by atoms with Gasteiger partial charge in [0.2, 0.25) is 5.91 Å². The summed E-state index contributed by atoms with van der Waals surface area (Å²) in [5, 5.41) is 0. The second kappa shape index (κ2) is 8.73. The Balaban J connectivity index is 5.46. The topological polar surface area (TPSA) is 43.1 Å². The van der Waals surface area contributed by atoms with Crippen LogP contribution in [0.5, 0.6) is 0 Å². The second-order valence-corrected chi connectivity index (χ2v) is 4.98. The number of hydrogen-bond acceptors (Lipinski definition) is 1. The standard InChI is InChI=1S/C16H27NO/c1-6-8-9-15(16(17)18)14(10-12(3)4)11-13(5)7-2/h9-12H,6-8H2,1-5H3,(H2,17,18)/b13-11+,14-10?,15-9+. The van der Waals surface area contributed by atoms with E-state index >= 15 is 0 Å². The quantitative estimate of drug-likeness (QED) is 0.535. The van der Waals surface area contributed by atoms with Gasteiger partial charge in [-0.15, -0.1) is 0 Å². The van der Waals surface area contributed by atoms with E-state index in [9.17, 15) is 4.79 Å². The molecule has 102 valence electrons. The molecule has 18 heavy (non-hydrogen) atoms. The van der Waals surface area contributed by atoms with E-state index in [0.29, 0.717) is 11.5 Å². The molecule has 0 aromatic rings. The Kier molecular flexibility index (Phi) is 8.10. The summed E-state index contributed by atoms with van der Waals surface area (Å²) >= 11 is 0. The average molecular weight is 249 g/mol. The Morgan fingerprint density at radius 1 is 1.28 bits per heavy atom. The first kappa shape index (κ1) is 16.7. The highest BCUT2D eigenvalue weighted by atomic mass is 16.1. The third-order valence-corrected chi connectivity index (χ3v) is 2.69. The maximum Gasteiger partial charge on any atom is 0.248 e. The van der Waals surface area contributed by atoms with Crippen molar-refractivity contribution < 1.29 is 4.79 Å². The first-order valence-electron chi connectivity index (χ1n) is 6.81. The van der Waals surface area contributed by atoms with Gasteiger partial charge in [0.15, 0.2) is 0 Å². The van der Waals surface area contributed by atoms with Gasteiger partial charge in [0.25, 0.3) is 0 Å². The molecular formula is C16H27NO. The lowest BCUT2D eigenvalue weighted by Crippen LogP contribution is -2.15. The summed E-state index contributed by atoms with van der Waals surface area (Å²) in [6.07, 6.45) is 9.01. The minimum absolute atomic E-state index is 0.337. The summed E-state index contributed by atoms with van der Waals surface area (Å²) in [4.78, 5) is 11.6. The monoisotopic (exact) mass is 249 g/mol. The molecule has 0 aliphatic rings. The number of rotatable bonds is 7. The molecule has 0 rings (SSSR count). The third-order valence-electron chi connectivity index (χ3n) is 2.69. The summed E-state index contributed by atoms with van der Waals surface area (Å²) in [6.45, 7) is 10.5. The van der Waals surface area contributed by atoms with E-state index in [4.69, 9.17) is 5.73 Å². The fourth-order valence-electron chi connectivity index (χ4n) is 1.59. The lowest BCUT2D eigenvalue weighted by molar-refractivity contribution is -0.114. The molecule has 2 N–H and O–H groups in total. The Morgan fingerprint density at radius 2 is 1.89 bits per heavy atom. The second-order valence-electron chi connectivity index (χ2n) is 4.98. The van der Waals surface area contributed by atoms with Crippen molar-refractivity contribution in [2.75, 3.05) is 0 Å². The molecule has 0 unspecified atom stereocenters. The van der Waals surface area contributed by atoms with Gasteiger partial charge in [-0.05, 0) is 31.3 Å². The highest BCUT2D eigenvalue weighted by Crippen LogP contribution is 2.18. The van der Waals surface area contributed by atoms with Crippen LogP contribution in [0.4, 0.5) is 0 Å². The fraction of sp³-hybridized carbons (Fsp3) is 0.562. The first-order valence-corrected chi connectivity index (χ1v) is 6.81. The van der Waals surface area contributed by atoms with Crippen LogP contribution in [0, 0.1) is 5.92 Å². The fourth-order valence-corrected chi connectivity index (χ4v) is 1.59. The van der Waals surface area contributed by atoms with Crippen molar-refractivity contribution in [1.82, 2.24) is 0 Å². The highest BCUT2D eigenvalue weighted by molar-refractivity contribution is 5.97. The smallest absolute Gasteiger partial charge is 0.248 e. The Labute approximate surface area is 112 Å². The lowest BCUT2D eigenvalue weighted by atomic mass is 9.97. The molecule has 0 saturated heterocycles. The summed E-state index contributed by atoms with van der Waals surface area (Å²) in [5.41, 5.74) is 8.36. The van der Waals surface area contributed by atoms with Gasteiger partial charge in [-0.1, -0.05) is 57.9 Å². The summed E-state index contributed by atoms with van der Waals surface area (Å²) < 4.78 is 0. The molecule has 0 bridgehead atoms. The number of primary amides is 1. The lowest BCUT2D eigenvalue weighted by Gasteiger charge is -2.09. The number of allylic oxidation sites excluding steroid dienone is 4. The van der Waals surface area contributed by atoms with Crippen LogP contribution < -0.4 is 5.73 Å². The average Bonchev–Trinajstić information content (AvgIpc) is 2.27. The minimum atomic E-state index is -0.337. The molecule has 0 fully saturated rings. The number of nitrogens with two attached hydrogens (primary N) is 1. The van der Waals surface area contributed by atoms with E-state index in [1.54, 1.807) is 0 Å². The van der Waals surface area contributed by atoms with Gasteiger partial charge in [0.05, 0.1) is 0 Å². The third kappa shape index (κ3) is 6.43. The number of carbonyl (C=O) groups excluding carboxylic acids is 1. The van der Waals surface area contributed by atoms with Crippen molar-refractivity contribution in [2.24, 2.45) is 11.7 Å². The summed E-state index contributed by atoms with van der Waals surface area (Å²) in [5.74, 6) is 0.0563. The molecule has 0 aliphatic carbocycles. The van der Waals surface area contributed by atoms with Gasteiger partial charge in [-0.2, -0.15) is 0 Å². The molecule has 0 radical (unpaired) electrons. The van der Waals surface area contributed by atoms with Crippen LogP contribution in [-0.4, -0.2) is 5.91 Å². The van der Waals surface area contributed by atoms with Crippen LogP contribution in [0.3, 0.4) is 0 Å². The van der Waals surface area contributed by atoms with Gasteiger partial charge in [-0.25, -0.2) is 0 Å². The highest BCUT2D eigenvalue weighted by Gasteiger charge is 2.09. The number of carbonyl (C=O) groups is 1. The van der Waals surface area contributed by atoms with Crippen LogP contribution in [0.1, 0.15) is 53.9 Å². The Bertz CT molecular complexity index is 359. The number of hydrogen-bond donors (Lipinski definition) is 1. The van der Waals surface area contributed by atoms with E-state index in [-0.39, 0.29) is 5.91 Å². The van der Waals surface area contributed by atoms with Gasteiger partial charge in [-0.3, -0.25) is 4.79 Å². The van der Waals surface area contributed by atoms with Gasteiger partial charge in [0.1, 0.15) is 0 Å². The van der Waals surface area contributed by atoms with Crippen LogP contribution >= 0.6 is 0 Å². The molecule has 0 heterocycles. The zero-order chi connectivity index (χ0) is 14.1. The van der Waals surface area contributed by atoms with E-state index in [1.807, 2.05) is 6.08 Å².